The van der Waals surface area contributed by atoms with Crippen LogP contribution in [0.2, 0.25) is 0 Å². The quantitative estimate of drug-likeness (QED) is 0.385. The molecule has 0 saturated carbocycles. The van der Waals surface area contributed by atoms with E-state index < -0.39 is 0 Å². The summed E-state index contributed by atoms with van der Waals surface area (Å²) in [6.07, 6.45) is 0. The fraction of sp³-hybridized carbons (Fsp3) is 0. The molecule has 5 aromatic rings. The van der Waals surface area contributed by atoms with Gasteiger partial charge in [-0.25, -0.2) is 0 Å². The molecule has 1 heterocycles. The number of hydrogen-bond donors (Lipinski definition) is 1. The summed E-state index contributed by atoms with van der Waals surface area (Å²) in [4.78, 5) is 4.51. The Kier molecular flexibility index (Phi) is 4.22. The van der Waals surface area contributed by atoms with E-state index in [4.69, 9.17) is 15.2 Å². The van der Waals surface area contributed by atoms with Gasteiger partial charge in [-0.2, -0.15) is 4.98 Å². The number of rotatable bonds is 4. The largest absolute Gasteiger partial charge is 0.438 e. The second kappa shape index (κ2) is 7.17. The number of nitrogen functional groups attached to an aromatic ring is 1. The molecule has 4 nitrogen and oxygen atoms in total. The summed E-state index contributed by atoms with van der Waals surface area (Å²) in [6.45, 7) is 0. The third-order valence-corrected chi connectivity index (χ3v) is 4.73. The van der Waals surface area contributed by atoms with E-state index >= 15 is 0 Å². The van der Waals surface area contributed by atoms with Gasteiger partial charge in [-0.05, 0) is 22.9 Å². The van der Waals surface area contributed by atoms with Gasteiger partial charge in [0.25, 0.3) is 0 Å². The molecule has 0 fully saturated rings. The molecule has 0 aliphatic heterocycles. The van der Waals surface area contributed by atoms with Crippen LogP contribution in [0.15, 0.2) is 97.1 Å². The number of ether oxygens (including phenoxy) is 2. The number of anilines is 1. The molecule has 29 heavy (non-hydrogen) atoms. The summed E-state index contributed by atoms with van der Waals surface area (Å²) < 4.78 is 12.1. The van der Waals surface area contributed by atoms with Gasteiger partial charge in [0.15, 0.2) is 0 Å². The van der Waals surface area contributed by atoms with Gasteiger partial charge >= 0.3 is 0 Å². The Morgan fingerprint density at radius 2 is 1.00 bits per heavy atom. The Hall–Kier alpha value is -4.05. The van der Waals surface area contributed by atoms with E-state index in [2.05, 4.69) is 4.98 Å². The zero-order valence-corrected chi connectivity index (χ0v) is 15.6. The Morgan fingerprint density at radius 1 is 0.552 bits per heavy atom. The summed E-state index contributed by atoms with van der Waals surface area (Å²) in [5, 5.41) is 4.22. The number of aromatic nitrogens is 1. The summed E-state index contributed by atoms with van der Waals surface area (Å²) in [5.74, 6) is 2.21. The van der Waals surface area contributed by atoms with Gasteiger partial charge in [-0.3, -0.25) is 0 Å². The normalized spacial score (nSPS) is 10.9. The Bertz CT molecular complexity index is 1220. The zero-order chi connectivity index (χ0) is 19.6. The van der Waals surface area contributed by atoms with E-state index in [1.165, 1.54) is 0 Å². The van der Waals surface area contributed by atoms with Crippen LogP contribution in [0.4, 0.5) is 5.69 Å². The first-order valence-corrected chi connectivity index (χ1v) is 9.35. The molecule has 0 saturated heterocycles. The van der Waals surface area contributed by atoms with Crippen LogP contribution >= 0.6 is 0 Å². The lowest BCUT2D eigenvalue weighted by atomic mass is 10.1. The minimum atomic E-state index is 0.386. The van der Waals surface area contributed by atoms with Crippen molar-refractivity contribution in [3.05, 3.63) is 97.1 Å². The SMILES string of the molecule is Nc1cc(Oc2cccc3ccccc23)nc(Oc2cccc3ccccc23)c1. The van der Waals surface area contributed by atoms with E-state index in [1.807, 2.05) is 84.9 Å². The molecule has 0 aliphatic rings. The van der Waals surface area contributed by atoms with Gasteiger partial charge in [0.05, 0.1) is 0 Å². The highest BCUT2D eigenvalue weighted by molar-refractivity contribution is 5.89. The standard InChI is InChI=1S/C25H18N2O2/c26-19-15-24(28-22-13-5-9-17-7-1-3-11-20(17)22)27-25(16-19)29-23-14-6-10-18-8-2-4-12-21(18)23/h1-16H,(H2,26,27). The molecule has 0 unspecified atom stereocenters. The molecule has 0 amide bonds. The Balaban J connectivity index is 1.50. The molecule has 5 rings (SSSR count). The molecule has 4 heteroatoms. The van der Waals surface area contributed by atoms with E-state index in [0.717, 1.165) is 33.0 Å². The van der Waals surface area contributed by atoms with Crippen LogP contribution in [0.25, 0.3) is 21.5 Å². The molecule has 4 aromatic carbocycles. The smallest absolute Gasteiger partial charge is 0.224 e. The third kappa shape index (κ3) is 3.44. The van der Waals surface area contributed by atoms with Gasteiger partial charge in [0.1, 0.15) is 11.5 Å². The van der Waals surface area contributed by atoms with Crippen molar-refractivity contribution in [3.8, 4) is 23.3 Å². The minimum Gasteiger partial charge on any atom is -0.438 e. The topological polar surface area (TPSA) is 57.4 Å². The molecular weight excluding hydrogens is 360 g/mol. The predicted octanol–water partition coefficient (Wildman–Crippen LogP) is 6.55. The highest BCUT2D eigenvalue weighted by Crippen LogP contribution is 2.33. The van der Waals surface area contributed by atoms with Crippen LogP contribution in [-0.4, -0.2) is 4.98 Å². The first-order chi connectivity index (χ1) is 14.3. The number of hydrogen-bond acceptors (Lipinski definition) is 4. The first-order valence-electron chi connectivity index (χ1n) is 9.35. The maximum atomic E-state index is 6.09. The number of benzene rings is 4. The molecule has 0 aliphatic carbocycles. The summed E-state index contributed by atoms with van der Waals surface area (Å²) in [6, 6.07) is 31.3. The monoisotopic (exact) mass is 378 g/mol. The van der Waals surface area contributed by atoms with E-state index in [9.17, 15) is 0 Å². The average molecular weight is 378 g/mol. The number of fused-ring (bicyclic) bond motifs is 2. The van der Waals surface area contributed by atoms with Crippen molar-refractivity contribution in [2.24, 2.45) is 0 Å². The lowest BCUT2D eigenvalue weighted by Crippen LogP contribution is -1.96. The van der Waals surface area contributed by atoms with Gasteiger partial charge < -0.3 is 15.2 Å². The lowest BCUT2D eigenvalue weighted by Gasteiger charge is -2.12. The molecule has 0 radical (unpaired) electrons. The Morgan fingerprint density at radius 3 is 1.52 bits per heavy atom. The van der Waals surface area contributed by atoms with Crippen molar-refractivity contribution in [2.45, 2.75) is 0 Å². The molecule has 0 spiro atoms. The highest BCUT2D eigenvalue weighted by Gasteiger charge is 2.09. The maximum Gasteiger partial charge on any atom is 0.224 e. The molecule has 0 atom stereocenters. The van der Waals surface area contributed by atoms with E-state index in [1.54, 1.807) is 12.1 Å². The zero-order valence-electron chi connectivity index (χ0n) is 15.6. The van der Waals surface area contributed by atoms with Crippen molar-refractivity contribution in [2.75, 3.05) is 5.73 Å². The lowest BCUT2D eigenvalue weighted by molar-refractivity contribution is 0.431. The molecular formula is C25H18N2O2. The number of pyridine rings is 1. The maximum absolute atomic E-state index is 6.09. The summed E-state index contributed by atoms with van der Waals surface area (Å²) in [7, 11) is 0. The number of nitrogens with zero attached hydrogens (tertiary/aromatic N) is 1. The fourth-order valence-electron chi connectivity index (χ4n) is 3.40. The second-order valence-electron chi connectivity index (χ2n) is 6.74. The molecule has 140 valence electrons. The minimum absolute atomic E-state index is 0.386. The van der Waals surface area contributed by atoms with E-state index in [-0.39, 0.29) is 0 Å². The van der Waals surface area contributed by atoms with Crippen molar-refractivity contribution >= 4 is 27.2 Å². The molecule has 0 bridgehead atoms. The number of nitrogens with two attached hydrogens (primary N) is 1. The van der Waals surface area contributed by atoms with Crippen molar-refractivity contribution in [1.29, 1.82) is 0 Å². The Labute approximate surface area is 168 Å². The molecule has 2 N–H and O–H groups in total. The van der Waals surface area contributed by atoms with Gasteiger partial charge in [0.2, 0.25) is 11.8 Å². The van der Waals surface area contributed by atoms with Crippen LogP contribution in [0.3, 0.4) is 0 Å². The summed E-state index contributed by atoms with van der Waals surface area (Å²) in [5.41, 5.74) is 6.61. The summed E-state index contributed by atoms with van der Waals surface area (Å²) >= 11 is 0. The molecule has 1 aromatic heterocycles. The highest BCUT2D eigenvalue weighted by atomic mass is 16.5. The van der Waals surface area contributed by atoms with E-state index in [0.29, 0.717) is 17.4 Å². The fourth-order valence-corrected chi connectivity index (χ4v) is 3.40. The predicted molar refractivity (Wildman–Crippen MR) is 117 cm³/mol. The first kappa shape index (κ1) is 17.1. The van der Waals surface area contributed by atoms with Crippen molar-refractivity contribution in [3.63, 3.8) is 0 Å². The van der Waals surface area contributed by atoms with Crippen molar-refractivity contribution in [1.82, 2.24) is 4.98 Å². The second-order valence-corrected chi connectivity index (χ2v) is 6.74. The third-order valence-electron chi connectivity index (χ3n) is 4.73. The van der Waals surface area contributed by atoms with Gasteiger partial charge in [0, 0.05) is 28.6 Å². The van der Waals surface area contributed by atoms with Crippen molar-refractivity contribution < 1.29 is 9.47 Å². The van der Waals surface area contributed by atoms with Crippen LogP contribution in [0.1, 0.15) is 0 Å². The average Bonchev–Trinajstić information content (AvgIpc) is 2.74. The van der Waals surface area contributed by atoms with Gasteiger partial charge in [-0.15, -0.1) is 0 Å². The van der Waals surface area contributed by atoms with Crippen LogP contribution in [0.5, 0.6) is 23.3 Å². The van der Waals surface area contributed by atoms with Gasteiger partial charge in [-0.1, -0.05) is 72.8 Å². The van der Waals surface area contributed by atoms with Crippen LogP contribution < -0.4 is 15.2 Å². The van der Waals surface area contributed by atoms with Crippen LogP contribution in [0, 0.1) is 0 Å². The van der Waals surface area contributed by atoms with Crippen LogP contribution in [-0.2, 0) is 0 Å².